The Bertz CT molecular complexity index is 552. The zero-order valence-corrected chi connectivity index (χ0v) is 9.85. The van der Waals surface area contributed by atoms with Gasteiger partial charge in [-0.05, 0) is 18.1 Å². The minimum Gasteiger partial charge on any atom is -0.398 e. The summed E-state index contributed by atoms with van der Waals surface area (Å²) in [6.07, 6.45) is 0. The van der Waals surface area contributed by atoms with E-state index in [2.05, 4.69) is 4.98 Å². The number of hydrogen-bond acceptors (Lipinski definition) is 2. The first kappa shape index (κ1) is 11.1. The van der Waals surface area contributed by atoms with Gasteiger partial charge in [-0.25, -0.2) is 4.39 Å². The molecule has 0 atom stereocenters. The first-order valence-electron chi connectivity index (χ1n) is 5.04. The molecule has 0 fully saturated rings. The van der Waals surface area contributed by atoms with E-state index in [9.17, 15) is 4.39 Å². The van der Waals surface area contributed by atoms with Crippen LogP contribution in [0, 0.1) is 5.82 Å². The highest BCUT2D eigenvalue weighted by Gasteiger charge is 2.09. The third-order valence-electron chi connectivity index (χ3n) is 2.49. The van der Waals surface area contributed by atoms with Crippen molar-refractivity contribution in [3.63, 3.8) is 0 Å². The van der Waals surface area contributed by atoms with Gasteiger partial charge >= 0.3 is 0 Å². The number of nitrogens with two attached hydrogens (primary N) is 1. The van der Waals surface area contributed by atoms with Crippen molar-refractivity contribution in [2.75, 3.05) is 5.73 Å². The zero-order chi connectivity index (χ0) is 11.9. The summed E-state index contributed by atoms with van der Waals surface area (Å²) < 4.78 is 13.3. The van der Waals surface area contributed by atoms with E-state index >= 15 is 0 Å². The molecule has 0 aliphatic heterocycles. The fraction of sp³-hybridized carbons (Fsp3) is 0.250. The molecule has 0 aliphatic rings. The Morgan fingerprint density at radius 2 is 2.00 bits per heavy atom. The molecule has 0 saturated carbocycles. The van der Waals surface area contributed by atoms with Crippen molar-refractivity contribution in [1.82, 2.24) is 4.98 Å². The standard InChI is InChI=1S/C12H12ClFN2/c1-6(2)11-5-10(15)7-3-8(13)9(14)4-12(7)16-11/h3-6H,1-2H3,(H2,15,16). The van der Waals surface area contributed by atoms with E-state index in [0.717, 1.165) is 5.69 Å². The number of anilines is 1. The number of aromatic nitrogens is 1. The number of rotatable bonds is 1. The molecule has 0 unspecified atom stereocenters. The summed E-state index contributed by atoms with van der Waals surface area (Å²) in [5.74, 6) is -0.215. The minimum atomic E-state index is -0.470. The highest BCUT2D eigenvalue weighted by Crippen LogP contribution is 2.28. The van der Waals surface area contributed by atoms with Crippen LogP contribution in [0.4, 0.5) is 10.1 Å². The van der Waals surface area contributed by atoms with Gasteiger partial charge in [0.25, 0.3) is 0 Å². The lowest BCUT2D eigenvalue weighted by Crippen LogP contribution is -1.98. The molecule has 1 heterocycles. The Balaban J connectivity index is 2.77. The van der Waals surface area contributed by atoms with Crippen LogP contribution in [0.3, 0.4) is 0 Å². The highest BCUT2D eigenvalue weighted by atomic mass is 35.5. The number of fused-ring (bicyclic) bond motifs is 1. The van der Waals surface area contributed by atoms with Gasteiger partial charge in [-0.3, -0.25) is 4.98 Å². The van der Waals surface area contributed by atoms with Crippen LogP contribution in [-0.4, -0.2) is 4.98 Å². The van der Waals surface area contributed by atoms with Gasteiger partial charge in [0, 0.05) is 22.8 Å². The van der Waals surface area contributed by atoms with Crippen LogP contribution in [0.25, 0.3) is 10.9 Å². The minimum absolute atomic E-state index is 0.0679. The van der Waals surface area contributed by atoms with E-state index in [-0.39, 0.29) is 10.9 Å². The van der Waals surface area contributed by atoms with Gasteiger partial charge in [-0.2, -0.15) is 0 Å². The summed E-state index contributed by atoms with van der Waals surface area (Å²) in [6.45, 7) is 4.03. The molecule has 2 N–H and O–H groups in total. The second-order valence-electron chi connectivity index (χ2n) is 4.07. The van der Waals surface area contributed by atoms with Crippen molar-refractivity contribution in [2.24, 2.45) is 0 Å². The Labute approximate surface area is 98.2 Å². The van der Waals surface area contributed by atoms with Crippen molar-refractivity contribution in [3.05, 3.63) is 34.7 Å². The van der Waals surface area contributed by atoms with Gasteiger partial charge in [-0.15, -0.1) is 0 Å². The van der Waals surface area contributed by atoms with Crippen LogP contribution in [0.1, 0.15) is 25.5 Å². The first-order valence-corrected chi connectivity index (χ1v) is 5.42. The van der Waals surface area contributed by atoms with Gasteiger partial charge in [-0.1, -0.05) is 25.4 Å². The summed E-state index contributed by atoms with van der Waals surface area (Å²) in [5, 5.41) is 0.758. The van der Waals surface area contributed by atoms with Crippen LogP contribution in [0.5, 0.6) is 0 Å². The lowest BCUT2D eigenvalue weighted by molar-refractivity contribution is 0.629. The molecule has 4 heteroatoms. The molecule has 84 valence electrons. The lowest BCUT2D eigenvalue weighted by Gasteiger charge is -2.09. The van der Waals surface area contributed by atoms with Gasteiger partial charge < -0.3 is 5.73 Å². The van der Waals surface area contributed by atoms with Crippen LogP contribution in [0.15, 0.2) is 18.2 Å². The molecule has 1 aromatic heterocycles. The number of pyridine rings is 1. The molecule has 1 aromatic carbocycles. The second-order valence-corrected chi connectivity index (χ2v) is 4.48. The van der Waals surface area contributed by atoms with Crippen LogP contribution in [-0.2, 0) is 0 Å². The van der Waals surface area contributed by atoms with E-state index in [0.29, 0.717) is 16.6 Å². The van der Waals surface area contributed by atoms with E-state index in [1.807, 2.05) is 13.8 Å². The SMILES string of the molecule is CC(C)c1cc(N)c2cc(Cl)c(F)cc2n1. The van der Waals surface area contributed by atoms with Gasteiger partial charge in [0.2, 0.25) is 0 Å². The maximum atomic E-state index is 13.3. The quantitative estimate of drug-likeness (QED) is 0.822. The van der Waals surface area contributed by atoms with Crippen molar-refractivity contribution < 1.29 is 4.39 Å². The number of benzene rings is 1. The number of nitrogen functional groups attached to an aromatic ring is 1. The highest BCUT2D eigenvalue weighted by molar-refractivity contribution is 6.31. The second kappa shape index (κ2) is 3.91. The van der Waals surface area contributed by atoms with Gasteiger partial charge in [0.1, 0.15) is 5.82 Å². The summed E-state index contributed by atoms with van der Waals surface area (Å²) in [6, 6.07) is 4.64. The molecule has 0 spiro atoms. The Kier molecular flexibility index (Phi) is 2.72. The normalized spacial score (nSPS) is 11.3. The zero-order valence-electron chi connectivity index (χ0n) is 9.09. The fourth-order valence-corrected chi connectivity index (χ4v) is 1.73. The topological polar surface area (TPSA) is 38.9 Å². The Hall–Kier alpha value is -1.35. The molecule has 2 nitrogen and oxygen atoms in total. The summed E-state index contributed by atoms with van der Waals surface area (Å²) >= 11 is 5.70. The molecule has 0 aliphatic carbocycles. The Morgan fingerprint density at radius 1 is 1.31 bits per heavy atom. The summed E-state index contributed by atoms with van der Waals surface area (Å²) in [5.41, 5.74) is 7.87. The Morgan fingerprint density at radius 3 is 2.62 bits per heavy atom. The third-order valence-corrected chi connectivity index (χ3v) is 2.78. The van der Waals surface area contributed by atoms with Crippen LogP contribution in [0.2, 0.25) is 5.02 Å². The van der Waals surface area contributed by atoms with Gasteiger partial charge in [0.15, 0.2) is 0 Å². The lowest BCUT2D eigenvalue weighted by atomic mass is 10.1. The number of halogens is 2. The molecule has 0 saturated heterocycles. The van der Waals surface area contributed by atoms with Crippen molar-refractivity contribution >= 4 is 28.2 Å². The molecule has 16 heavy (non-hydrogen) atoms. The van der Waals surface area contributed by atoms with E-state index in [1.165, 1.54) is 12.1 Å². The van der Waals surface area contributed by atoms with Gasteiger partial charge in [0.05, 0.1) is 10.5 Å². The van der Waals surface area contributed by atoms with Crippen LogP contribution < -0.4 is 5.73 Å². The smallest absolute Gasteiger partial charge is 0.143 e. The molecule has 2 aromatic rings. The molecular weight excluding hydrogens is 227 g/mol. The molecule has 0 amide bonds. The maximum Gasteiger partial charge on any atom is 0.143 e. The first-order chi connectivity index (χ1) is 7.49. The van der Waals surface area contributed by atoms with Crippen LogP contribution >= 0.6 is 11.6 Å². The summed E-state index contributed by atoms with van der Waals surface area (Å²) in [4.78, 5) is 4.36. The van der Waals surface area contributed by atoms with E-state index < -0.39 is 5.82 Å². The van der Waals surface area contributed by atoms with Crippen molar-refractivity contribution in [3.8, 4) is 0 Å². The predicted molar refractivity (Wildman–Crippen MR) is 65.2 cm³/mol. The van der Waals surface area contributed by atoms with Crippen molar-refractivity contribution in [2.45, 2.75) is 19.8 Å². The summed E-state index contributed by atoms with van der Waals surface area (Å²) in [7, 11) is 0. The van der Waals surface area contributed by atoms with Crippen molar-refractivity contribution in [1.29, 1.82) is 0 Å². The predicted octanol–water partition coefficient (Wildman–Crippen LogP) is 3.73. The van der Waals surface area contributed by atoms with E-state index in [4.69, 9.17) is 17.3 Å². The fourth-order valence-electron chi connectivity index (χ4n) is 1.56. The average Bonchev–Trinajstić information content (AvgIpc) is 2.20. The molecular formula is C12H12ClFN2. The monoisotopic (exact) mass is 238 g/mol. The maximum absolute atomic E-state index is 13.3. The number of nitrogens with zero attached hydrogens (tertiary/aromatic N) is 1. The molecule has 0 radical (unpaired) electrons. The molecule has 2 rings (SSSR count). The number of hydrogen-bond donors (Lipinski definition) is 1. The average molecular weight is 239 g/mol. The van der Waals surface area contributed by atoms with E-state index in [1.54, 1.807) is 6.07 Å². The third kappa shape index (κ3) is 1.83. The molecule has 0 bridgehead atoms. The largest absolute Gasteiger partial charge is 0.398 e.